The summed E-state index contributed by atoms with van der Waals surface area (Å²) >= 11 is 36.2. The van der Waals surface area contributed by atoms with E-state index in [9.17, 15) is 21.6 Å². The molecule has 33 heavy (non-hydrogen) atoms. The van der Waals surface area contributed by atoms with Gasteiger partial charge in [0, 0.05) is 5.02 Å². The van der Waals surface area contributed by atoms with E-state index in [0.29, 0.717) is 12.1 Å². The number of anilines is 1. The second kappa shape index (κ2) is 9.77. The summed E-state index contributed by atoms with van der Waals surface area (Å²) in [4.78, 5) is -0.579. The minimum atomic E-state index is -4.69. The molecule has 176 valence electrons. The Balaban J connectivity index is 1.92. The van der Waals surface area contributed by atoms with Gasteiger partial charge >= 0.3 is 6.18 Å². The number of hydrogen-bond donors (Lipinski definition) is 1. The SMILES string of the molecule is O=S(=O)(Nc1cc(Cl)c(Oc2c(Cl)cc(Cl)cc2Cl)c(Cl)c1)c1ccc(C(F)(F)F)cc1Cl. The van der Waals surface area contributed by atoms with Gasteiger partial charge in [-0.15, -0.1) is 0 Å². The molecule has 3 aromatic rings. The van der Waals surface area contributed by atoms with Crippen molar-refractivity contribution in [2.75, 3.05) is 4.72 Å². The van der Waals surface area contributed by atoms with Gasteiger partial charge in [0.25, 0.3) is 10.0 Å². The number of halogens is 9. The molecule has 0 bridgehead atoms. The fourth-order valence-electron chi connectivity index (χ4n) is 2.55. The van der Waals surface area contributed by atoms with Gasteiger partial charge in [-0.3, -0.25) is 4.72 Å². The van der Waals surface area contributed by atoms with Crippen molar-refractivity contribution in [3.63, 3.8) is 0 Å². The molecule has 0 aliphatic rings. The Morgan fingerprint density at radius 2 is 1.21 bits per heavy atom. The van der Waals surface area contributed by atoms with E-state index < -0.39 is 31.7 Å². The standard InChI is InChI=1S/C19H8Cl6F3NO3S/c20-9-4-12(22)17(13(23)5-9)32-18-14(24)6-10(7-15(18)25)29-33(30,31)16-2-1-8(3-11(16)21)19(26,27)28/h1-7,29H. The monoisotopic (exact) mass is 597 g/mol. The Hall–Kier alpha value is -1.26. The van der Waals surface area contributed by atoms with Crippen molar-refractivity contribution < 1.29 is 26.3 Å². The fraction of sp³-hybridized carbons (Fsp3) is 0.0526. The number of hydrogen-bond acceptors (Lipinski definition) is 3. The quantitative estimate of drug-likeness (QED) is 0.318. The van der Waals surface area contributed by atoms with Gasteiger partial charge in [0.1, 0.15) is 4.90 Å². The second-order valence-electron chi connectivity index (χ2n) is 6.32. The van der Waals surface area contributed by atoms with Gasteiger partial charge < -0.3 is 4.74 Å². The lowest BCUT2D eigenvalue weighted by Crippen LogP contribution is -2.14. The van der Waals surface area contributed by atoms with E-state index in [-0.39, 0.29) is 42.3 Å². The molecule has 1 N–H and O–H groups in total. The minimum absolute atomic E-state index is 0.0106. The van der Waals surface area contributed by atoms with Gasteiger partial charge in [0.2, 0.25) is 0 Å². The average molecular weight is 600 g/mol. The largest absolute Gasteiger partial charge is 0.451 e. The molecule has 0 aliphatic heterocycles. The van der Waals surface area contributed by atoms with Crippen LogP contribution in [-0.2, 0) is 16.2 Å². The summed E-state index contributed by atoms with van der Waals surface area (Å²) in [6.07, 6.45) is -4.69. The third-order valence-electron chi connectivity index (χ3n) is 3.97. The molecule has 0 aliphatic carbocycles. The van der Waals surface area contributed by atoms with Crippen molar-refractivity contribution in [1.82, 2.24) is 0 Å². The van der Waals surface area contributed by atoms with E-state index in [0.717, 1.165) is 18.2 Å². The van der Waals surface area contributed by atoms with E-state index in [2.05, 4.69) is 4.72 Å². The van der Waals surface area contributed by atoms with Crippen LogP contribution in [-0.4, -0.2) is 8.42 Å². The molecule has 3 rings (SSSR count). The molecule has 0 atom stereocenters. The summed E-state index contributed by atoms with van der Waals surface area (Å²) in [5.74, 6) is -0.0728. The summed E-state index contributed by atoms with van der Waals surface area (Å²) in [7, 11) is -4.39. The molecule has 0 radical (unpaired) electrons. The highest BCUT2D eigenvalue weighted by Crippen LogP contribution is 2.44. The summed E-state index contributed by atoms with van der Waals surface area (Å²) in [6.45, 7) is 0. The zero-order valence-electron chi connectivity index (χ0n) is 15.6. The van der Waals surface area contributed by atoms with E-state index in [1.54, 1.807) is 0 Å². The van der Waals surface area contributed by atoms with Crippen LogP contribution in [0, 0.1) is 0 Å². The highest BCUT2D eigenvalue weighted by atomic mass is 35.5. The molecule has 0 aromatic heterocycles. The fourth-order valence-corrected chi connectivity index (χ4v) is 5.59. The van der Waals surface area contributed by atoms with Crippen LogP contribution in [0.4, 0.5) is 18.9 Å². The van der Waals surface area contributed by atoms with E-state index in [4.69, 9.17) is 74.3 Å². The first-order valence-corrected chi connectivity index (χ1v) is 12.1. The first-order chi connectivity index (χ1) is 15.2. The third kappa shape index (κ3) is 6.06. The van der Waals surface area contributed by atoms with Gasteiger partial charge in [0.05, 0.1) is 36.4 Å². The van der Waals surface area contributed by atoms with E-state index in [1.807, 2.05) is 0 Å². The highest BCUT2D eigenvalue weighted by Gasteiger charge is 2.32. The first kappa shape index (κ1) is 26.3. The lowest BCUT2D eigenvalue weighted by molar-refractivity contribution is -0.137. The molecule has 0 spiro atoms. The molecule has 3 aromatic carbocycles. The van der Waals surface area contributed by atoms with Crippen LogP contribution in [0.5, 0.6) is 11.5 Å². The molecule has 0 unspecified atom stereocenters. The number of benzene rings is 3. The van der Waals surface area contributed by atoms with Crippen molar-refractivity contribution in [1.29, 1.82) is 0 Å². The van der Waals surface area contributed by atoms with Crippen molar-refractivity contribution in [3.8, 4) is 11.5 Å². The molecular formula is C19H8Cl6F3NO3S. The topological polar surface area (TPSA) is 55.4 Å². The predicted octanol–water partition coefficient (Wildman–Crippen LogP) is 9.22. The van der Waals surface area contributed by atoms with Gasteiger partial charge in [-0.1, -0.05) is 69.6 Å². The minimum Gasteiger partial charge on any atom is -0.451 e. The number of rotatable bonds is 5. The lowest BCUT2D eigenvalue weighted by Gasteiger charge is -2.15. The number of sulfonamides is 1. The van der Waals surface area contributed by atoms with E-state index in [1.165, 1.54) is 12.1 Å². The maximum absolute atomic E-state index is 12.8. The smallest absolute Gasteiger partial charge is 0.416 e. The van der Waals surface area contributed by atoms with Crippen LogP contribution in [0.15, 0.2) is 47.4 Å². The first-order valence-electron chi connectivity index (χ1n) is 8.40. The van der Waals surface area contributed by atoms with Crippen LogP contribution in [0.2, 0.25) is 30.1 Å². The average Bonchev–Trinajstić information content (AvgIpc) is 2.64. The van der Waals surface area contributed by atoms with Crippen LogP contribution in [0.25, 0.3) is 0 Å². The van der Waals surface area contributed by atoms with Crippen molar-refractivity contribution in [2.45, 2.75) is 11.1 Å². The Bertz CT molecular complexity index is 1300. The van der Waals surface area contributed by atoms with Gasteiger partial charge in [0.15, 0.2) is 11.5 Å². The summed E-state index contributed by atoms with van der Waals surface area (Å²) < 4.78 is 71.5. The Morgan fingerprint density at radius 3 is 1.67 bits per heavy atom. The number of alkyl halides is 3. The molecule has 0 saturated heterocycles. The maximum atomic E-state index is 12.8. The van der Waals surface area contributed by atoms with Crippen LogP contribution in [0.3, 0.4) is 0 Å². The molecule has 14 heteroatoms. The van der Waals surface area contributed by atoms with Crippen LogP contribution in [0.1, 0.15) is 5.56 Å². The zero-order chi connectivity index (χ0) is 24.7. The Morgan fingerprint density at radius 1 is 0.727 bits per heavy atom. The second-order valence-corrected chi connectivity index (χ2v) is 10.4. The summed E-state index contributed by atoms with van der Waals surface area (Å²) in [5.41, 5.74) is -1.21. The molecule has 4 nitrogen and oxygen atoms in total. The number of ether oxygens (including phenoxy) is 1. The van der Waals surface area contributed by atoms with Gasteiger partial charge in [-0.25, -0.2) is 8.42 Å². The molecule has 0 heterocycles. The highest BCUT2D eigenvalue weighted by molar-refractivity contribution is 7.92. The third-order valence-corrected chi connectivity index (χ3v) is 7.17. The molecule has 0 saturated carbocycles. The normalized spacial score (nSPS) is 12.0. The molecule has 0 fully saturated rings. The molecule has 0 amide bonds. The zero-order valence-corrected chi connectivity index (χ0v) is 20.9. The van der Waals surface area contributed by atoms with Gasteiger partial charge in [-0.2, -0.15) is 13.2 Å². The van der Waals surface area contributed by atoms with Crippen molar-refractivity contribution in [2.24, 2.45) is 0 Å². The predicted molar refractivity (Wildman–Crippen MR) is 125 cm³/mol. The summed E-state index contributed by atoms with van der Waals surface area (Å²) in [6, 6.07) is 6.92. The summed E-state index contributed by atoms with van der Waals surface area (Å²) in [5, 5.41) is -0.466. The van der Waals surface area contributed by atoms with E-state index >= 15 is 0 Å². The van der Waals surface area contributed by atoms with Gasteiger partial charge in [-0.05, 0) is 42.5 Å². The lowest BCUT2D eigenvalue weighted by atomic mass is 10.2. The Kier molecular flexibility index (Phi) is 7.80. The Labute approximate surface area is 216 Å². The van der Waals surface area contributed by atoms with Crippen LogP contribution < -0.4 is 9.46 Å². The molecular weight excluding hydrogens is 592 g/mol. The van der Waals surface area contributed by atoms with Crippen molar-refractivity contribution >= 4 is 85.3 Å². The maximum Gasteiger partial charge on any atom is 0.416 e. The number of nitrogens with one attached hydrogen (secondary N) is 1. The van der Waals surface area contributed by atoms with Crippen molar-refractivity contribution in [3.05, 3.63) is 78.2 Å². The van der Waals surface area contributed by atoms with Crippen LogP contribution >= 0.6 is 69.6 Å².